The molecule has 4 nitrogen and oxygen atoms in total. The zero-order chi connectivity index (χ0) is 14.1. The Hall–Kier alpha value is -0.160. The summed E-state index contributed by atoms with van der Waals surface area (Å²) in [4.78, 5) is 2.39. The molecule has 1 aliphatic carbocycles. The number of nitrogens with zero attached hydrogens (tertiary/aromatic N) is 1. The molecule has 19 heavy (non-hydrogen) atoms. The predicted octanol–water partition coefficient (Wildman–Crippen LogP) is 1.76. The lowest BCUT2D eigenvalue weighted by atomic mass is 9.90. The molecule has 0 saturated heterocycles. The Labute approximate surface area is 118 Å². The van der Waals surface area contributed by atoms with E-state index in [9.17, 15) is 5.11 Å². The molecular formula is C15H32N2O2. The van der Waals surface area contributed by atoms with Crippen molar-refractivity contribution in [3.05, 3.63) is 0 Å². The third kappa shape index (κ3) is 6.70. The van der Waals surface area contributed by atoms with Crippen molar-refractivity contribution >= 4 is 0 Å². The Morgan fingerprint density at radius 1 is 1.26 bits per heavy atom. The Balaban J connectivity index is 2.23. The summed E-state index contributed by atoms with van der Waals surface area (Å²) in [5.74, 6) is 0. The molecule has 0 heterocycles. The lowest BCUT2D eigenvalue weighted by Crippen LogP contribution is -2.45. The van der Waals surface area contributed by atoms with Crippen LogP contribution in [-0.4, -0.2) is 54.5 Å². The van der Waals surface area contributed by atoms with Gasteiger partial charge in [-0.05, 0) is 38.6 Å². The number of hydrogen-bond acceptors (Lipinski definition) is 4. The summed E-state index contributed by atoms with van der Waals surface area (Å²) < 4.78 is 5.49. The largest absolute Gasteiger partial charge is 0.389 e. The molecule has 1 unspecified atom stereocenters. The number of ether oxygens (including phenoxy) is 1. The summed E-state index contributed by atoms with van der Waals surface area (Å²) in [6.07, 6.45) is 6.41. The Kier molecular flexibility index (Phi) is 8.62. The zero-order valence-corrected chi connectivity index (χ0v) is 12.7. The Bertz CT molecular complexity index is 218. The molecule has 0 bridgehead atoms. The van der Waals surface area contributed by atoms with Gasteiger partial charge >= 0.3 is 0 Å². The second-order valence-electron chi connectivity index (χ2n) is 5.74. The predicted molar refractivity (Wildman–Crippen MR) is 79.2 cm³/mol. The van der Waals surface area contributed by atoms with E-state index in [-0.39, 0.29) is 6.10 Å². The van der Waals surface area contributed by atoms with Gasteiger partial charge in [-0.3, -0.25) is 4.90 Å². The molecule has 1 rings (SSSR count). The monoisotopic (exact) mass is 272 g/mol. The van der Waals surface area contributed by atoms with Crippen LogP contribution in [0.2, 0.25) is 0 Å². The van der Waals surface area contributed by atoms with Crippen molar-refractivity contribution < 1.29 is 9.84 Å². The van der Waals surface area contributed by atoms with Crippen molar-refractivity contribution in [1.82, 2.24) is 4.90 Å². The van der Waals surface area contributed by atoms with Gasteiger partial charge < -0.3 is 15.6 Å². The third-order valence-corrected chi connectivity index (χ3v) is 4.06. The second kappa shape index (κ2) is 9.70. The first-order chi connectivity index (χ1) is 9.17. The number of rotatable bonds is 9. The SMILES string of the molecule is CCCCOCC(O)CN(CC)C1CCC(N)CC1. The summed E-state index contributed by atoms with van der Waals surface area (Å²) in [5.41, 5.74) is 5.95. The highest BCUT2D eigenvalue weighted by molar-refractivity contribution is 4.81. The molecule has 1 fully saturated rings. The molecule has 1 atom stereocenters. The maximum atomic E-state index is 10.0. The van der Waals surface area contributed by atoms with Crippen LogP contribution in [0.4, 0.5) is 0 Å². The average molecular weight is 272 g/mol. The van der Waals surface area contributed by atoms with Gasteiger partial charge in [-0.15, -0.1) is 0 Å². The minimum absolute atomic E-state index is 0.368. The van der Waals surface area contributed by atoms with Gasteiger partial charge in [-0.1, -0.05) is 20.3 Å². The van der Waals surface area contributed by atoms with E-state index in [2.05, 4.69) is 18.7 Å². The summed E-state index contributed by atoms with van der Waals surface area (Å²) in [6.45, 7) is 7.25. The highest BCUT2D eigenvalue weighted by Crippen LogP contribution is 2.22. The van der Waals surface area contributed by atoms with E-state index < -0.39 is 0 Å². The molecule has 0 aromatic heterocycles. The lowest BCUT2D eigenvalue weighted by molar-refractivity contribution is 0.00467. The van der Waals surface area contributed by atoms with E-state index in [0.717, 1.165) is 45.4 Å². The van der Waals surface area contributed by atoms with E-state index in [4.69, 9.17) is 10.5 Å². The maximum Gasteiger partial charge on any atom is 0.0900 e. The van der Waals surface area contributed by atoms with Crippen molar-refractivity contribution in [1.29, 1.82) is 0 Å². The minimum atomic E-state index is -0.368. The fourth-order valence-corrected chi connectivity index (χ4v) is 2.79. The fraction of sp³-hybridized carbons (Fsp3) is 1.00. The van der Waals surface area contributed by atoms with Gasteiger partial charge in [0.2, 0.25) is 0 Å². The van der Waals surface area contributed by atoms with E-state index in [1.54, 1.807) is 0 Å². The van der Waals surface area contributed by atoms with Gasteiger partial charge in [0.05, 0.1) is 12.7 Å². The molecule has 114 valence electrons. The zero-order valence-electron chi connectivity index (χ0n) is 12.7. The number of aliphatic hydroxyl groups excluding tert-OH is 1. The molecule has 4 heteroatoms. The molecule has 0 radical (unpaired) electrons. The van der Waals surface area contributed by atoms with Crippen molar-refractivity contribution in [2.75, 3.05) is 26.3 Å². The van der Waals surface area contributed by atoms with Gasteiger partial charge in [-0.2, -0.15) is 0 Å². The summed E-state index contributed by atoms with van der Waals surface area (Å²) >= 11 is 0. The molecule has 0 aromatic carbocycles. The molecule has 1 saturated carbocycles. The van der Waals surface area contributed by atoms with Gasteiger partial charge in [-0.25, -0.2) is 0 Å². The third-order valence-electron chi connectivity index (χ3n) is 4.06. The van der Waals surface area contributed by atoms with E-state index >= 15 is 0 Å². The molecule has 0 aliphatic heterocycles. The number of aliphatic hydroxyl groups is 1. The summed E-state index contributed by atoms with van der Waals surface area (Å²) in [6, 6.07) is 0.979. The number of unbranched alkanes of at least 4 members (excludes halogenated alkanes) is 1. The van der Waals surface area contributed by atoms with Crippen LogP contribution in [0.5, 0.6) is 0 Å². The van der Waals surface area contributed by atoms with Crippen LogP contribution in [0.15, 0.2) is 0 Å². The van der Waals surface area contributed by atoms with Crippen molar-refractivity contribution in [3.8, 4) is 0 Å². The molecule has 0 spiro atoms. The highest BCUT2D eigenvalue weighted by atomic mass is 16.5. The van der Waals surface area contributed by atoms with Crippen LogP contribution in [0.1, 0.15) is 52.4 Å². The van der Waals surface area contributed by atoms with Gasteiger partial charge in [0.1, 0.15) is 0 Å². The molecule has 3 N–H and O–H groups in total. The van der Waals surface area contributed by atoms with Crippen molar-refractivity contribution in [3.63, 3.8) is 0 Å². The first-order valence-corrected chi connectivity index (χ1v) is 7.92. The molecular weight excluding hydrogens is 240 g/mol. The van der Waals surface area contributed by atoms with Gasteiger partial charge in [0.25, 0.3) is 0 Å². The number of hydrogen-bond donors (Lipinski definition) is 2. The first kappa shape index (κ1) is 16.9. The van der Waals surface area contributed by atoms with E-state index in [1.807, 2.05) is 0 Å². The van der Waals surface area contributed by atoms with Crippen LogP contribution in [0, 0.1) is 0 Å². The van der Waals surface area contributed by atoms with Gasteiger partial charge in [0, 0.05) is 25.2 Å². The average Bonchev–Trinajstić information content (AvgIpc) is 2.42. The Morgan fingerprint density at radius 3 is 2.53 bits per heavy atom. The fourth-order valence-electron chi connectivity index (χ4n) is 2.79. The molecule has 0 aromatic rings. The van der Waals surface area contributed by atoms with E-state index in [0.29, 0.717) is 18.7 Å². The van der Waals surface area contributed by atoms with Gasteiger partial charge in [0.15, 0.2) is 0 Å². The number of likely N-dealkylation sites (N-methyl/N-ethyl adjacent to an activating group) is 1. The van der Waals surface area contributed by atoms with Crippen LogP contribution < -0.4 is 5.73 Å². The summed E-state index contributed by atoms with van der Waals surface area (Å²) in [5, 5.41) is 10.0. The highest BCUT2D eigenvalue weighted by Gasteiger charge is 2.24. The minimum Gasteiger partial charge on any atom is -0.389 e. The first-order valence-electron chi connectivity index (χ1n) is 7.92. The molecule has 1 aliphatic rings. The number of nitrogens with two attached hydrogens (primary N) is 1. The lowest BCUT2D eigenvalue weighted by Gasteiger charge is -2.36. The quantitative estimate of drug-likeness (QED) is 0.628. The van der Waals surface area contributed by atoms with Crippen LogP contribution in [0.3, 0.4) is 0 Å². The standard InChI is InChI=1S/C15H32N2O2/c1-3-5-10-19-12-15(18)11-17(4-2)14-8-6-13(16)7-9-14/h13-15,18H,3-12,16H2,1-2H3. The van der Waals surface area contributed by atoms with Crippen molar-refractivity contribution in [2.45, 2.75) is 70.6 Å². The molecule has 0 amide bonds. The summed E-state index contributed by atoms with van der Waals surface area (Å²) in [7, 11) is 0. The van der Waals surface area contributed by atoms with Crippen molar-refractivity contribution in [2.24, 2.45) is 5.73 Å². The smallest absolute Gasteiger partial charge is 0.0900 e. The Morgan fingerprint density at radius 2 is 1.95 bits per heavy atom. The van der Waals surface area contributed by atoms with E-state index in [1.165, 1.54) is 12.8 Å². The van der Waals surface area contributed by atoms with Crippen LogP contribution >= 0.6 is 0 Å². The topological polar surface area (TPSA) is 58.7 Å². The van der Waals surface area contributed by atoms with Crippen LogP contribution in [0.25, 0.3) is 0 Å². The van der Waals surface area contributed by atoms with Crippen LogP contribution in [-0.2, 0) is 4.74 Å². The maximum absolute atomic E-state index is 10.0. The normalized spacial score (nSPS) is 25.7. The second-order valence-corrected chi connectivity index (χ2v) is 5.74.